The minimum absolute atomic E-state index is 0.0711. The Kier molecular flexibility index (Phi) is 5.97. The number of aromatic hydroxyl groups is 1. The molecule has 0 radical (unpaired) electrons. The quantitative estimate of drug-likeness (QED) is 0.244. The topological polar surface area (TPSA) is 113 Å². The van der Waals surface area contributed by atoms with Gasteiger partial charge >= 0.3 is 0 Å². The third kappa shape index (κ3) is 4.32. The van der Waals surface area contributed by atoms with Crippen molar-refractivity contribution in [3.8, 4) is 28.9 Å². The summed E-state index contributed by atoms with van der Waals surface area (Å²) >= 11 is 0. The summed E-state index contributed by atoms with van der Waals surface area (Å²) < 4.78 is 18.2. The number of hydrogen-bond acceptors (Lipinski definition) is 9. The first kappa shape index (κ1) is 23.3. The third-order valence-corrected chi connectivity index (χ3v) is 6.27. The van der Waals surface area contributed by atoms with Gasteiger partial charge in [0.2, 0.25) is 5.88 Å². The molecule has 3 heterocycles. The number of fused-ring (bicyclic) bond motifs is 4. The van der Waals surface area contributed by atoms with Crippen molar-refractivity contribution in [3.63, 3.8) is 0 Å². The summed E-state index contributed by atoms with van der Waals surface area (Å²) in [7, 11) is 3.25. The summed E-state index contributed by atoms with van der Waals surface area (Å²) in [5.74, 6) is 2.74. The Balaban J connectivity index is 1.33. The van der Waals surface area contributed by atoms with Crippen LogP contribution in [0.5, 0.6) is 28.9 Å². The molecule has 0 fully saturated rings. The number of phenolic OH excluding ortho intramolecular Hbond substituents is 1. The molecule has 1 atom stereocenters. The molecule has 0 saturated heterocycles. The van der Waals surface area contributed by atoms with Crippen LogP contribution in [0.4, 0.5) is 0 Å². The molecule has 6 rings (SSSR count). The van der Waals surface area contributed by atoms with Gasteiger partial charge in [0, 0.05) is 17.5 Å². The Morgan fingerprint density at radius 3 is 2.47 bits per heavy atom. The lowest BCUT2D eigenvalue weighted by Crippen LogP contribution is -2.15. The summed E-state index contributed by atoms with van der Waals surface area (Å²) in [6, 6.07) is 20.3. The number of aromatic nitrogens is 4. The van der Waals surface area contributed by atoms with Crippen molar-refractivity contribution in [2.24, 2.45) is 5.16 Å². The second-order valence-electron chi connectivity index (χ2n) is 8.57. The van der Waals surface area contributed by atoms with Crippen molar-refractivity contribution in [3.05, 3.63) is 101 Å². The second-order valence-corrected chi connectivity index (χ2v) is 8.57. The molecule has 0 aliphatic carbocycles. The van der Waals surface area contributed by atoms with Crippen LogP contribution in [0, 0.1) is 0 Å². The number of hydrogen-bond donors (Lipinski definition) is 1. The molecule has 10 heteroatoms. The lowest BCUT2D eigenvalue weighted by atomic mass is 9.84. The number of rotatable bonds is 7. The minimum atomic E-state index is -0.262. The average Bonchev–Trinajstić information content (AvgIpc) is 3.38. The van der Waals surface area contributed by atoms with Crippen molar-refractivity contribution in [1.29, 1.82) is 0 Å². The summed E-state index contributed by atoms with van der Waals surface area (Å²) in [5, 5.41) is 18.6. The molecule has 1 aliphatic rings. The van der Waals surface area contributed by atoms with Crippen LogP contribution >= 0.6 is 0 Å². The zero-order chi connectivity index (χ0) is 26.1. The number of benzene rings is 3. The largest absolute Gasteiger partial charge is 0.508 e. The van der Waals surface area contributed by atoms with Crippen LogP contribution in [0.1, 0.15) is 34.0 Å². The Morgan fingerprint density at radius 1 is 1.00 bits per heavy atom. The van der Waals surface area contributed by atoms with Crippen LogP contribution in [-0.4, -0.2) is 45.1 Å². The SMILES string of the molecule is COc1ccc(/C=N/OCc2nc3c4c(ncn3n2)Oc2cc(O)ccc2C4c2ccc(OC)cc2)cc1. The Labute approximate surface area is 217 Å². The van der Waals surface area contributed by atoms with Gasteiger partial charge in [0.15, 0.2) is 18.1 Å². The minimum Gasteiger partial charge on any atom is -0.508 e. The molecule has 2 aromatic heterocycles. The molecular formula is C28H23N5O5. The molecule has 0 spiro atoms. The Bertz CT molecular complexity index is 1630. The molecule has 190 valence electrons. The van der Waals surface area contributed by atoms with Gasteiger partial charge in [-0.25, -0.2) is 14.5 Å². The molecule has 3 aromatic carbocycles. The van der Waals surface area contributed by atoms with Gasteiger partial charge in [0.25, 0.3) is 0 Å². The van der Waals surface area contributed by atoms with Crippen LogP contribution in [0.25, 0.3) is 5.65 Å². The van der Waals surface area contributed by atoms with E-state index in [-0.39, 0.29) is 18.3 Å². The molecule has 1 N–H and O–H groups in total. The fourth-order valence-corrected chi connectivity index (χ4v) is 4.43. The number of methoxy groups -OCH3 is 2. The summed E-state index contributed by atoms with van der Waals surface area (Å²) in [4.78, 5) is 14.7. The van der Waals surface area contributed by atoms with Crippen LogP contribution in [0.15, 0.2) is 78.2 Å². The molecule has 1 aliphatic heterocycles. The van der Waals surface area contributed by atoms with E-state index in [0.29, 0.717) is 23.1 Å². The molecule has 0 amide bonds. The Hall–Kier alpha value is -5.12. The Morgan fingerprint density at radius 2 is 1.74 bits per heavy atom. The number of phenols is 1. The van der Waals surface area contributed by atoms with Gasteiger partial charge < -0.3 is 24.2 Å². The summed E-state index contributed by atoms with van der Waals surface area (Å²) in [6.07, 6.45) is 3.16. The van der Waals surface area contributed by atoms with E-state index in [9.17, 15) is 5.11 Å². The van der Waals surface area contributed by atoms with Gasteiger partial charge in [0.05, 0.1) is 26.0 Å². The van der Waals surface area contributed by atoms with Crippen molar-refractivity contribution in [1.82, 2.24) is 19.6 Å². The molecule has 0 bridgehead atoms. The highest BCUT2D eigenvalue weighted by atomic mass is 16.6. The maximum atomic E-state index is 10.1. The molecule has 38 heavy (non-hydrogen) atoms. The zero-order valence-electron chi connectivity index (χ0n) is 20.6. The van der Waals surface area contributed by atoms with E-state index in [2.05, 4.69) is 15.2 Å². The molecule has 5 aromatic rings. The van der Waals surface area contributed by atoms with E-state index in [0.717, 1.165) is 33.8 Å². The highest BCUT2D eigenvalue weighted by molar-refractivity contribution is 5.79. The fraction of sp³-hybridized carbons (Fsp3) is 0.143. The third-order valence-electron chi connectivity index (χ3n) is 6.27. The van der Waals surface area contributed by atoms with Crippen molar-refractivity contribution in [2.75, 3.05) is 14.2 Å². The van der Waals surface area contributed by atoms with E-state index < -0.39 is 0 Å². The van der Waals surface area contributed by atoms with E-state index in [1.807, 2.05) is 54.6 Å². The van der Waals surface area contributed by atoms with Crippen LogP contribution in [0.2, 0.25) is 0 Å². The highest BCUT2D eigenvalue weighted by Gasteiger charge is 2.33. The lowest BCUT2D eigenvalue weighted by molar-refractivity contribution is 0.126. The predicted octanol–water partition coefficient (Wildman–Crippen LogP) is 4.68. The van der Waals surface area contributed by atoms with E-state index in [1.165, 1.54) is 0 Å². The molecule has 0 saturated carbocycles. The van der Waals surface area contributed by atoms with Gasteiger partial charge in [-0.15, -0.1) is 5.10 Å². The van der Waals surface area contributed by atoms with Gasteiger partial charge in [0.1, 0.15) is 29.3 Å². The monoisotopic (exact) mass is 509 g/mol. The first-order valence-corrected chi connectivity index (χ1v) is 11.8. The van der Waals surface area contributed by atoms with Crippen molar-refractivity contribution < 1.29 is 24.2 Å². The average molecular weight is 510 g/mol. The predicted molar refractivity (Wildman–Crippen MR) is 138 cm³/mol. The van der Waals surface area contributed by atoms with Gasteiger partial charge in [-0.3, -0.25) is 0 Å². The number of nitrogens with zero attached hydrogens (tertiary/aromatic N) is 5. The van der Waals surface area contributed by atoms with Gasteiger partial charge in [-0.2, -0.15) is 0 Å². The maximum Gasteiger partial charge on any atom is 0.228 e. The van der Waals surface area contributed by atoms with E-state index in [1.54, 1.807) is 43.4 Å². The lowest BCUT2D eigenvalue weighted by Gasteiger charge is -2.28. The second kappa shape index (κ2) is 9.74. The molecular weight excluding hydrogens is 486 g/mol. The van der Waals surface area contributed by atoms with Crippen LogP contribution in [0.3, 0.4) is 0 Å². The summed E-state index contributed by atoms with van der Waals surface area (Å²) in [5.41, 5.74) is 4.09. The van der Waals surface area contributed by atoms with Crippen molar-refractivity contribution >= 4 is 11.9 Å². The molecule has 1 unspecified atom stereocenters. The van der Waals surface area contributed by atoms with Crippen LogP contribution < -0.4 is 14.2 Å². The van der Waals surface area contributed by atoms with Gasteiger partial charge in [-0.1, -0.05) is 23.4 Å². The van der Waals surface area contributed by atoms with E-state index >= 15 is 0 Å². The van der Waals surface area contributed by atoms with E-state index in [4.69, 9.17) is 24.0 Å². The maximum absolute atomic E-state index is 10.1. The van der Waals surface area contributed by atoms with Gasteiger partial charge in [-0.05, 0) is 53.6 Å². The fourth-order valence-electron chi connectivity index (χ4n) is 4.43. The highest BCUT2D eigenvalue weighted by Crippen LogP contribution is 2.48. The van der Waals surface area contributed by atoms with Crippen molar-refractivity contribution in [2.45, 2.75) is 12.5 Å². The first-order valence-electron chi connectivity index (χ1n) is 11.8. The number of ether oxygens (including phenoxy) is 3. The smallest absolute Gasteiger partial charge is 0.228 e. The number of oxime groups is 1. The first-order chi connectivity index (χ1) is 18.6. The molecule has 10 nitrogen and oxygen atoms in total. The summed E-state index contributed by atoms with van der Waals surface area (Å²) in [6.45, 7) is 0.0711. The normalized spacial score (nSPS) is 14.1. The zero-order valence-corrected chi connectivity index (χ0v) is 20.6. The van der Waals surface area contributed by atoms with Crippen LogP contribution in [-0.2, 0) is 11.4 Å². The standard InChI is InChI=1S/C28H23N5O5/c1-35-20-8-3-17(4-9-20)14-30-37-15-24-31-27-26-25(18-5-10-21(36-2)11-6-18)22-12-7-19(34)13-23(22)38-28(26)29-16-33(27)32-24/h3-14,16,25,34H,15H2,1-2H3/b30-14+.